The summed E-state index contributed by atoms with van der Waals surface area (Å²) in [5.41, 5.74) is -0.325. The molecule has 0 radical (unpaired) electrons. The Hall–Kier alpha value is -3.41. The van der Waals surface area contributed by atoms with Crippen LogP contribution in [0.15, 0.2) is 48.5 Å². The molecule has 1 atom stereocenters. The number of hydrogen-bond donors (Lipinski definition) is 2. The third-order valence-corrected chi connectivity index (χ3v) is 6.54. The molecule has 2 aliphatic heterocycles. The van der Waals surface area contributed by atoms with Crippen LogP contribution in [0.1, 0.15) is 5.56 Å². The molecule has 0 aliphatic carbocycles. The minimum Gasteiger partial charge on any atom is -0.492 e. The smallest absolute Gasteiger partial charge is 0.317 e. The van der Waals surface area contributed by atoms with Crippen LogP contribution in [0.5, 0.6) is 11.5 Å². The molecular formula is C27H35FN4O6. The molecule has 0 unspecified atom stereocenters. The van der Waals surface area contributed by atoms with Crippen molar-refractivity contribution < 1.29 is 33.3 Å². The maximum Gasteiger partial charge on any atom is 0.317 e. The first-order valence-electron chi connectivity index (χ1n) is 12.7. The van der Waals surface area contributed by atoms with Crippen LogP contribution < -0.4 is 14.8 Å². The Bertz CT molecular complexity index is 1070. The van der Waals surface area contributed by atoms with Crippen LogP contribution in [0.2, 0.25) is 0 Å². The molecule has 0 aromatic heterocycles. The largest absolute Gasteiger partial charge is 0.492 e. The van der Waals surface area contributed by atoms with Crippen molar-refractivity contribution >= 4 is 11.9 Å². The molecule has 206 valence electrons. The van der Waals surface area contributed by atoms with Crippen molar-refractivity contribution in [1.29, 1.82) is 0 Å². The number of nitrogens with one attached hydrogen (secondary N) is 1. The van der Waals surface area contributed by atoms with Gasteiger partial charge in [0.05, 0.1) is 13.1 Å². The van der Waals surface area contributed by atoms with E-state index in [2.05, 4.69) is 10.2 Å². The first-order chi connectivity index (χ1) is 18.3. The molecule has 38 heavy (non-hydrogen) atoms. The average molecular weight is 531 g/mol. The van der Waals surface area contributed by atoms with Crippen molar-refractivity contribution in [2.24, 2.45) is 0 Å². The van der Waals surface area contributed by atoms with Gasteiger partial charge < -0.3 is 34.4 Å². The number of halogens is 1. The molecule has 0 spiro atoms. The third-order valence-electron chi connectivity index (χ3n) is 6.54. The molecule has 2 N–H and O–H groups in total. The van der Waals surface area contributed by atoms with Crippen LogP contribution in [0, 0.1) is 5.82 Å². The summed E-state index contributed by atoms with van der Waals surface area (Å²) in [6, 6.07) is 13.2. The first kappa shape index (κ1) is 27.6. The number of urea groups is 1. The van der Waals surface area contributed by atoms with E-state index < -0.39 is 5.60 Å². The van der Waals surface area contributed by atoms with E-state index >= 15 is 0 Å². The molecule has 2 heterocycles. The molecule has 10 nitrogen and oxygen atoms in total. The second-order valence-electron chi connectivity index (χ2n) is 9.64. The normalized spacial score (nSPS) is 20.2. The van der Waals surface area contributed by atoms with Gasteiger partial charge in [-0.15, -0.1) is 0 Å². The standard InChI is InChI=1S/C27H35FN4O6/c1-36-17-25(33)32-13-12-30(18-27(35,19-32)20-38-24-8-4-22(28)5-9-24)16-21-2-6-23(7-3-21)37-15-14-31-11-10-29-26(31)34/h2-9,35H,10-20H2,1H3,(H,29,34)/t27-/m1/s1. The maximum absolute atomic E-state index is 13.3. The number of nitrogens with zero attached hydrogens (tertiary/aromatic N) is 3. The van der Waals surface area contributed by atoms with Crippen molar-refractivity contribution in [3.8, 4) is 11.5 Å². The first-order valence-corrected chi connectivity index (χ1v) is 12.7. The van der Waals surface area contributed by atoms with Crippen LogP contribution in [0.3, 0.4) is 0 Å². The summed E-state index contributed by atoms with van der Waals surface area (Å²) in [7, 11) is 1.46. The zero-order valence-corrected chi connectivity index (χ0v) is 21.6. The van der Waals surface area contributed by atoms with E-state index in [-0.39, 0.29) is 44.1 Å². The van der Waals surface area contributed by atoms with Gasteiger partial charge in [0, 0.05) is 46.4 Å². The quantitative estimate of drug-likeness (QED) is 0.452. The molecule has 2 fully saturated rings. The minimum absolute atomic E-state index is 0.0618. The summed E-state index contributed by atoms with van der Waals surface area (Å²) in [6.45, 7) is 4.07. The molecule has 2 aromatic rings. The van der Waals surface area contributed by atoms with Gasteiger partial charge in [-0.25, -0.2) is 9.18 Å². The zero-order valence-electron chi connectivity index (χ0n) is 21.6. The monoisotopic (exact) mass is 530 g/mol. The minimum atomic E-state index is -1.35. The van der Waals surface area contributed by atoms with Gasteiger partial charge >= 0.3 is 6.03 Å². The maximum atomic E-state index is 13.3. The Balaban J connectivity index is 1.36. The van der Waals surface area contributed by atoms with Crippen LogP contribution in [-0.2, 0) is 16.1 Å². The highest BCUT2D eigenvalue weighted by Crippen LogP contribution is 2.21. The van der Waals surface area contributed by atoms with Gasteiger partial charge in [0.25, 0.3) is 0 Å². The van der Waals surface area contributed by atoms with E-state index in [1.54, 1.807) is 9.80 Å². The number of methoxy groups -OCH3 is 1. The molecular weight excluding hydrogens is 495 g/mol. The summed E-state index contributed by atoms with van der Waals surface area (Å²) in [5, 5.41) is 14.3. The molecule has 4 rings (SSSR count). The van der Waals surface area contributed by atoms with Crippen molar-refractivity contribution in [3.63, 3.8) is 0 Å². The van der Waals surface area contributed by atoms with Crippen LogP contribution >= 0.6 is 0 Å². The third kappa shape index (κ3) is 7.80. The lowest BCUT2D eigenvalue weighted by Gasteiger charge is -2.33. The summed E-state index contributed by atoms with van der Waals surface area (Å²) in [4.78, 5) is 29.6. The number of ether oxygens (including phenoxy) is 3. The summed E-state index contributed by atoms with van der Waals surface area (Å²) < 4.78 is 29.8. The number of β-amino-alcohol motifs (C(OH)–C–C–N with tert-alkyl or cyclic N) is 1. The van der Waals surface area contributed by atoms with Gasteiger partial charge in [-0.2, -0.15) is 0 Å². The highest BCUT2D eigenvalue weighted by molar-refractivity contribution is 5.77. The fourth-order valence-electron chi connectivity index (χ4n) is 4.59. The van der Waals surface area contributed by atoms with Gasteiger partial charge in [-0.05, 0) is 42.0 Å². The summed E-state index contributed by atoms with van der Waals surface area (Å²) >= 11 is 0. The van der Waals surface area contributed by atoms with E-state index in [1.165, 1.54) is 31.4 Å². The molecule has 2 aromatic carbocycles. The Morgan fingerprint density at radius 3 is 2.42 bits per heavy atom. The van der Waals surface area contributed by atoms with Crippen molar-refractivity contribution in [1.82, 2.24) is 20.0 Å². The van der Waals surface area contributed by atoms with E-state index in [9.17, 15) is 19.1 Å². The lowest BCUT2D eigenvalue weighted by atomic mass is 10.0. The predicted molar refractivity (Wildman–Crippen MR) is 137 cm³/mol. The second kappa shape index (κ2) is 12.9. The van der Waals surface area contributed by atoms with E-state index in [0.29, 0.717) is 57.4 Å². The number of benzene rings is 2. The molecule has 0 saturated carbocycles. The average Bonchev–Trinajstić information content (AvgIpc) is 3.23. The Morgan fingerprint density at radius 2 is 1.74 bits per heavy atom. The number of amides is 3. The SMILES string of the molecule is COCC(=O)N1CCN(Cc2ccc(OCCN3CCNC3=O)cc2)C[C@](O)(COc2ccc(F)cc2)C1. The zero-order chi connectivity index (χ0) is 27.0. The fraction of sp³-hybridized carbons (Fsp3) is 0.481. The topological polar surface area (TPSA) is 104 Å². The van der Waals surface area contributed by atoms with Crippen LogP contribution in [-0.4, -0.2) is 110 Å². The Kier molecular flexibility index (Phi) is 9.38. The van der Waals surface area contributed by atoms with E-state index in [0.717, 1.165) is 5.56 Å². The van der Waals surface area contributed by atoms with Crippen molar-refractivity contribution in [3.05, 3.63) is 59.9 Å². The number of rotatable bonds is 11. The number of hydrogen-bond acceptors (Lipinski definition) is 7. The number of carbonyl (C=O) groups excluding carboxylic acids is 2. The molecule has 0 bridgehead atoms. The van der Waals surface area contributed by atoms with Gasteiger partial charge in [0.1, 0.15) is 42.7 Å². The van der Waals surface area contributed by atoms with Crippen LogP contribution in [0.25, 0.3) is 0 Å². The van der Waals surface area contributed by atoms with Gasteiger partial charge in [-0.3, -0.25) is 9.69 Å². The molecule has 2 aliphatic rings. The number of carbonyl (C=O) groups is 2. The highest BCUT2D eigenvalue weighted by atomic mass is 19.1. The second-order valence-corrected chi connectivity index (χ2v) is 9.64. The molecule has 2 saturated heterocycles. The van der Waals surface area contributed by atoms with Gasteiger partial charge in [0.2, 0.25) is 5.91 Å². The molecule has 11 heteroatoms. The fourth-order valence-corrected chi connectivity index (χ4v) is 4.59. The van der Waals surface area contributed by atoms with Crippen LogP contribution in [0.4, 0.5) is 9.18 Å². The van der Waals surface area contributed by atoms with Crippen molar-refractivity contribution in [2.75, 3.05) is 72.7 Å². The number of aliphatic hydroxyl groups is 1. The van der Waals surface area contributed by atoms with E-state index in [1.807, 2.05) is 24.3 Å². The molecule has 3 amide bonds. The highest BCUT2D eigenvalue weighted by Gasteiger charge is 2.37. The van der Waals surface area contributed by atoms with E-state index in [4.69, 9.17) is 14.2 Å². The summed E-state index contributed by atoms with van der Waals surface area (Å²) in [5.74, 6) is 0.571. The lowest BCUT2D eigenvalue weighted by molar-refractivity contribution is -0.138. The summed E-state index contributed by atoms with van der Waals surface area (Å²) in [6.07, 6.45) is 0. The Labute approximate surface area is 221 Å². The van der Waals surface area contributed by atoms with Crippen molar-refractivity contribution in [2.45, 2.75) is 12.1 Å². The van der Waals surface area contributed by atoms with Gasteiger partial charge in [0.15, 0.2) is 0 Å². The Morgan fingerprint density at radius 1 is 1.03 bits per heavy atom. The predicted octanol–water partition coefficient (Wildman–Crippen LogP) is 1.33. The van der Waals surface area contributed by atoms with Gasteiger partial charge in [-0.1, -0.05) is 12.1 Å². The lowest BCUT2D eigenvalue weighted by Crippen LogP contribution is -2.52.